The van der Waals surface area contributed by atoms with Crippen LogP contribution in [0, 0.1) is 10.1 Å². The highest BCUT2D eigenvalue weighted by molar-refractivity contribution is 5.92. The van der Waals surface area contributed by atoms with E-state index in [0.717, 1.165) is 10.9 Å². The molecule has 1 aromatic heterocycles. The Balaban J connectivity index is 2.10. The van der Waals surface area contributed by atoms with Crippen LogP contribution < -0.4 is 4.74 Å². The fraction of sp³-hybridized carbons (Fsp3) is 0.118. The topological polar surface area (TPSA) is 85.5 Å². The number of hydrogen-bond donors (Lipinski definition) is 1. The number of non-ortho nitro benzene ring substituents is 1. The number of benzene rings is 2. The van der Waals surface area contributed by atoms with Crippen LogP contribution in [-0.2, 0) is 6.42 Å². The Bertz CT molecular complexity index is 893. The van der Waals surface area contributed by atoms with Crippen molar-refractivity contribution in [2.45, 2.75) is 6.42 Å². The molecular formula is C17H14N2O4. The van der Waals surface area contributed by atoms with Crippen LogP contribution in [0.3, 0.4) is 0 Å². The number of aromatic hydroxyl groups is 1. The van der Waals surface area contributed by atoms with Crippen molar-refractivity contribution in [3.05, 3.63) is 70.0 Å². The highest BCUT2D eigenvalue weighted by Crippen LogP contribution is 2.36. The van der Waals surface area contributed by atoms with E-state index in [1.165, 1.54) is 19.2 Å². The average molecular weight is 310 g/mol. The molecule has 0 saturated carbocycles. The van der Waals surface area contributed by atoms with Gasteiger partial charge in [-0.2, -0.15) is 0 Å². The maximum Gasteiger partial charge on any atom is 0.269 e. The van der Waals surface area contributed by atoms with E-state index in [1.54, 1.807) is 30.5 Å². The molecule has 116 valence electrons. The van der Waals surface area contributed by atoms with Gasteiger partial charge in [-0.15, -0.1) is 0 Å². The molecular weight excluding hydrogens is 296 g/mol. The lowest BCUT2D eigenvalue weighted by molar-refractivity contribution is -0.384. The summed E-state index contributed by atoms with van der Waals surface area (Å²) in [6.07, 6.45) is 2.03. The molecule has 23 heavy (non-hydrogen) atoms. The van der Waals surface area contributed by atoms with Gasteiger partial charge in [0.05, 0.1) is 17.7 Å². The molecule has 1 N–H and O–H groups in total. The number of rotatable bonds is 4. The van der Waals surface area contributed by atoms with Crippen molar-refractivity contribution < 1.29 is 14.8 Å². The molecule has 1 heterocycles. The third kappa shape index (κ3) is 2.78. The largest absolute Gasteiger partial charge is 0.504 e. The summed E-state index contributed by atoms with van der Waals surface area (Å²) in [5, 5.41) is 22.7. The molecule has 6 heteroatoms. The Labute approximate surface area is 132 Å². The van der Waals surface area contributed by atoms with Crippen LogP contribution in [0.2, 0.25) is 0 Å². The molecule has 0 radical (unpaired) electrons. The minimum absolute atomic E-state index is 0.0264. The van der Waals surface area contributed by atoms with E-state index in [9.17, 15) is 15.2 Å². The minimum atomic E-state index is -0.430. The van der Waals surface area contributed by atoms with E-state index in [1.807, 2.05) is 6.07 Å². The number of ether oxygens (including phenoxy) is 1. The maximum absolute atomic E-state index is 10.9. The van der Waals surface area contributed by atoms with Crippen LogP contribution in [0.1, 0.15) is 11.3 Å². The number of hydrogen-bond acceptors (Lipinski definition) is 5. The highest BCUT2D eigenvalue weighted by atomic mass is 16.6. The lowest BCUT2D eigenvalue weighted by Gasteiger charge is -2.10. The zero-order chi connectivity index (χ0) is 16.4. The van der Waals surface area contributed by atoms with Gasteiger partial charge in [0.25, 0.3) is 5.69 Å². The van der Waals surface area contributed by atoms with E-state index >= 15 is 0 Å². The van der Waals surface area contributed by atoms with Crippen molar-refractivity contribution >= 4 is 16.5 Å². The Hall–Kier alpha value is -3.15. The molecule has 0 saturated heterocycles. The Morgan fingerprint density at radius 2 is 2.09 bits per heavy atom. The third-order valence-electron chi connectivity index (χ3n) is 3.66. The zero-order valence-corrected chi connectivity index (χ0v) is 12.4. The third-order valence-corrected chi connectivity index (χ3v) is 3.66. The summed E-state index contributed by atoms with van der Waals surface area (Å²) >= 11 is 0. The molecule has 0 aliphatic rings. The van der Waals surface area contributed by atoms with Gasteiger partial charge < -0.3 is 9.84 Å². The number of pyridine rings is 1. The number of aromatic nitrogens is 1. The van der Waals surface area contributed by atoms with Crippen LogP contribution >= 0.6 is 0 Å². The van der Waals surface area contributed by atoms with Crippen molar-refractivity contribution in [3.8, 4) is 11.5 Å². The van der Waals surface area contributed by atoms with E-state index in [4.69, 9.17) is 4.74 Å². The zero-order valence-electron chi connectivity index (χ0n) is 12.4. The molecule has 2 aromatic carbocycles. The summed E-state index contributed by atoms with van der Waals surface area (Å²) in [5.41, 5.74) is 1.42. The van der Waals surface area contributed by atoms with Crippen molar-refractivity contribution in [3.63, 3.8) is 0 Å². The highest BCUT2D eigenvalue weighted by Gasteiger charge is 2.13. The number of phenols is 1. The van der Waals surface area contributed by atoms with Gasteiger partial charge in [-0.1, -0.05) is 18.2 Å². The molecule has 0 fully saturated rings. The van der Waals surface area contributed by atoms with Crippen molar-refractivity contribution in [1.82, 2.24) is 4.98 Å². The first-order chi connectivity index (χ1) is 11.1. The standard InChI is InChI=1S/C17H14N2O4/c1-23-15-6-5-12-7-8-18-14(16(12)17(15)20)10-11-3-2-4-13(9-11)19(21)22/h2-9,20H,10H2,1H3. The molecule has 0 aliphatic carbocycles. The molecule has 0 spiro atoms. The second kappa shape index (κ2) is 5.92. The lowest BCUT2D eigenvalue weighted by atomic mass is 10.0. The fourth-order valence-corrected chi connectivity index (χ4v) is 2.57. The lowest BCUT2D eigenvalue weighted by Crippen LogP contribution is -1.96. The molecule has 0 aliphatic heterocycles. The Kier molecular flexibility index (Phi) is 3.80. The summed E-state index contributed by atoms with van der Waals surface area (Å²) in [4.78, 5) is 14.8. The number of nitrogens with zero attached hydrogens (tertiary/aromatic N) is 2. The summed E-state index contributed by atoms with van der Waals surface area (Å²) < 4.78 is 5.14. The van der Waals surface area contributed by atoms with Crippen LogP contribution in [0.15, 0.2) is 48.7 Å². The van der Waals surface area contributed by atoms with Gasteiger partial charge in [0, 0.05) is 30.1 Å². The maximum atomic E-state index is 10.9. The second-order valence-corrected chi connectivity index (χ2v) is 5.08. The van der Waals surface area contributed by atoms with E-state index in [0.29, 0.717) is 23.3 Å². The summed E-state index contributed by atoms with van der Waals surface area (Å²) in [6.45, 7) is 0. The van der Waals surface area contributed by atoms with Crippen molar-refractivity contribution in [2.75, 3.05) is 7.11 Å². The summed E-state index contributed by atoms with van der Waals surface area (Å²) in [6, 6.07) is 11.7. The SMILES string of the molecule is COc1ccc2ccnc(Cc3cccc([N+](=O)[O-])c3)c2c1O. The van der Waals surface area contributed by atoms with Gasteiger partial charge in [0.1, 0.15) is 0 Å². The quantitative estimate of drug-likeness (QED) is 0.589. The first kappa shape index (κ1) is 14.8. The molecule has 6 nitrogen and oxygen atoms in total. The van der Waals surface area contributed by atoms with E-state index in [2.05, 4.69) is 4.98 Å². The minimum Gasteiger partial charge on any atom is -0.504 e. The fourth-order valence-electron chi connectivity index (χ4n) is 2.57. The van der Waals surface area contributed by atoms with Gasteiger partial charge in [-0.25, -0.2) is 0 Å². The first-order valence-corrected chi connectivity index (χ1v) is 6.97. The van der Waals surface area contributed by atoms with Gasteiger partial charge in [-0.3, -0.25) is 15.1 Å². The molecule has 0 unspecified atom stereocenters. The molecule has 3 aromatic rings. The second-order valence-electron chi connectivity index (χ2n) is 5.08. The van der Waals surface area contributed by atoms with Crippen LogP contribution in [0.4, 0.5) is 5.69 Å². The average Bonchev–Trinajstić information content (AvgIpc) is 2.55. The number of fused-ring (bicyclic) bond motifs is 1. The number of nitro groups is 1. The summed E-state index contributed by atoms with van der Waals surface area (Å²) in [5.74, 6) is 0.393. The van der Waals surface area contributed by atoms with Gasteiger partial charge in [0.15, 0.2) is 11.5 Å². The van der Waals surface area contributed by atoms with E-state index in [-0.39, 0.29) is 11.4 Å². The predicted molar refractivity (Wildman–Crippen MR) is 85.9 cm³/mol. The van der Waals surface area contributed by atoms with Gasteiger partial charge in [0.2, 0.25) is 0 Å². The van der Waals surface area contributed by atoms with Crippen LogP contribution in [-0.4, -0.2) is 22.1 Å². The molecule has 0 amide bonds. The van der Waals surface area contributed by atoms with Gasteiger partial charge in [-0.05, 0) is 23.1 Å². The smallest absolute Gasteiger partial charge is 0.269 e. The van der Waals surface area contributed by atoms with E-state index < -0.39 is 4.92 Å². The monoisotopic (exact) mass is 310 g/mol. The summed E-state index contributed by atoms with van der Waals surface area (Å²) in [7, 11) is 1.48. The van der Waals surface area contributed by atoms with Crippen LogP contribution in [0.5, 0.6) is 11.5 Å². The van der Waals surface area contributed by atoms with Gasteiger partial charge >= 0.3 is 0 Å². The molecule has 0 bridgehead atoms. The molecule has 3 rings (SSSR count). The van der Waals surface area contributed by atoms with Crippen LogP contribution in [0.25, 0.3) is 10.8 Å². The number of phenolic OH excluding ortho intramolecular Hbond substituents is 1. The number of methoxy groups -OCH3 is 1. The van der Waals surface area contributed by atoms with Crippen molar-refractivity contribution in [2.24, 2.45) is 0 Å². The Morgan fingerprint density at radius 3 is 2.83 bits per heavy atom. The van der Waals surface area contributed by atoms with Crippen molar-refractivity contribution in [1.29, 1.82) is 0 Å². The Morgan fingerprint density at radius 1 is 1.26 bits per heavy atom. The first-order valence-electron chi connectivity index (χ1n) is 6.97. The normalized spacial score (nSPS) is 10.7. The molecule has 0 atom stereocenters. The number of nitro benzene ring substituents is 1. The predicted octanol–water partition coefficient (Wildman–Crippen LogP) is 3.45.